The highest BCUT2D eigenvalue weighted by molar-refractivity contribution is 5.97. The Labute approximate surface area is 68.3 Å². The van der Waals surface area contributed by atoms with E-state index in [2.05, 4.69) is 16.2 Å². The summed E-state index contributed by atoms with van der Waals surface area (Å²) in [6.07, 6.45) is 3.47. The lowest BCUT2D eigenvalue weighted by molar-refractivity contribution is 0.425. The van der Waals surface area contributed by atoms with Gasteiger partial charge in [-0.15, -0.1) is 0 Å². The van der Waals surface area contributed by atoms with Gasteiger partial charge < -0.3 is 4.52 Å². The number of hydrogen-bond acceptors (Lipinski definition) is 2. The summed E-state index contributed by atoms with van der Waals surface area (Å²) in [5.74, 6) is 0. The Bertz CT molecular complexity index is 494. The molecule has 0 spiro atoms. The lowest BCUT2D eigenvalue weighted by Crippen LogP contribution is -1.73. The van der Waals surface area contributed by atoms with E-state index in [-0.39, 0.29) is 0 Å². The van der Waals surface area contributed by atoms with Gasteiger partial charge in [-0.1, -0.05) is 6.07 Å². The van der Waals surface area contributed by atoms with Crippen LogP contribution in [0.5, 0.6) is 0 Å². The molecule has 1 aliphatic heterocycles. The Morgan fingerprint density at radius 2 is 2.42 bits per heavy atom. The Hall–Kier alpha value is -1.77. The van der Waals surface area contributed by atoms with Crippen LogP contribution < -0.4 is 0 Å². The second kappa shape index (κ2) is 1.88. The molecule has 2 aliphatic rings. The number of H-pyrrole nitrogens is 1. The minimum atomic E-state index is 0.973. The largest absolute Gasteiger partial charge is 0.389 e. The van der Waals surface area contributed by atoms with Crippen molar-refractivity contribution in [2.75, 3.05) is 0 Å². The van der Waals surface area contributed by atoms with Crippen LogP contribution in [-0.2, 0) is 0 Å². The monoisotopic (exact) mass is 158 g/mol. The van der Waals surface area contributed by atoms with E-state index in [4.69, 9.17) is 4.52 Å². The van der Waals surface area contributed by atoms with E-state index in [0.717, 1.165) is 22.2 Å². The third-order valence-electron chi connectivity index (χ3n) is 2.02. The van der Waals surface area contributed by atoms with Crippen LogP contribution in [0.4, 0.5) is 0 Å². The number of rotatable bonds is 0. The zero-order chi connectivity index (χ0) is 7.97. The second-order valence-corrected chi connectivity index (χ2v) is 2.75. The van der Waals surface area contributed by atoms with Gasteiger partial charge in [-0.2, -0.15) is 0 Å². The van der Waals surface area contributed by atoms with Gasteiger partial charge in [0.05, 0.1) is 5.52 Å². The molecule has 3 nitrogen and oxygen atoms in total. The first-order chi connectivity index (χ1) is 5.95. The number of aromatic amines is 1. The molecular formula is C9H6N2O. The highest BCUT2D eigenvalue weighted by Crippen LogP contribution is 2.30. The average Bonchev–Trinajstić information content (AvgIpc) is 2.62. The number of fused-ring (bicyclic) bond motifs is 3. The summed E-state index contributed by atoms with van der Waals surface area (Å²) < 4.78 is 4.95. The van der Waals surface area contributed by atoms with Gasteiger partial charge in [-0.05, 0) is 12.1 Å². The molecule has 1 aliphatic carbocycles. The number of nitrogens with one attached hydrogen (secondary N) is 1. The van der Waals surface area contributed by atoms with Gasteiger partial charge in [0.1, 0.15) is 12.0 Å². The first-order valence-electron chi connectivity index (χ1n) is 3.74. The van der Waals surface area contributed by atoms with E-state index in [1.165, 1.54) is 0 Å². The lowest BCUT2D eigenvalue weighted by atomic mass is 10.3. The maximum absolute atomic E-state index is 4.95. The van der Waals surface area contributed by atoms with E-state index in [1.807, 2.05) is 12.1 Å². The summed E-state index contributed by atoms with van der Waals surface area (Å²) in [5, 5.41) is 3.95. The van der Waals surface area contributed by atoms with Gasteiger partial charge in [0.25, 0.3) is 0 Å². The maximum atomic E-state index is 4.95. The van der Waals surface area contributed by atoms with Gasteiger partial charge >= 0.3 is 0 Å². The molecule has 0 radical (unpaired) electrons. The molecule has 0 bridgehead atoms. The molecule has 1 aromatic heterocycles. The minimum absolute atomic E-state index is 0.973. The van der Waals surface area contributed by atoms with Crippen LogP contribution >= 0.6 is 0 Å². The second-order valence-electron chi connectivity index (χ2n) is 2.75. The van der Waals surface area contributed by atoms with E-state index in [0.29, 0.717) is 0 Å². The standard InChI is InChI=1S/C9H6N2O/c1-2-6-4-7-5-12-11-9(7)8(6)10-3-1/h1-5,11H. The van der Waals surface area contributed by atoms with E-state index in [9.17, 15) is 0 Å². The quantitative estimate of drug-likeness (QED) is 0.545. The molecule has 0 saturated heterocycles. The summed E-state index contributed by atoms with van der Waals surface area (Å²) in [7, 11) is 0. The number of aromatic nitrogens is 2. The molecule has 3 heteroatoms. The number of nitrogens with zero attached hydrogens (tertiary/aromatic N) is 1. The van der Waals surface area contributed by atoms with Crippen LogP contribution in [-0.4, -0.2) is 10.1 Å². The smallest absolute Gasteiger partial charge is 0.128 e. The molecule has 12 heavy (non-hydrogen) atoms. The summed E-state index contributed by atoms with van der Waals surface area (Å²) >= 11 is 0. The molecule has 0 atom stereocenters. The molecule has 0 aromatic carbocycles. The fourth-order valence-electron chi connectivity index (χ4n) is 1.47. The van der Waals surface area contributed by atoms with Crippen LogP contribution in [0.2, 0.25) is 0 Å². The molecule has 0 fully saturated rings. The topological polar surface area (TPSA) is 41.8 Å². The summed E-state index contributed by atoms with van der Waals surface area (Å²) in [6, 6.07) is 6.02. The summed E-state index contributed by atoms with van der Waals surface area (Å²) in [4.78, 5) is 4.25. The normalized spacial score (nSPS) is 11.3. The lowest BCUT2D eigenvalue weighted by Gasteiger charge is -1.86. The Balaban J connectivity index is 2.59. The molecular weight excluding hydrogens is 152 g/mol. The van der Waals surface area contributed by atoms with Crippen molar-refractivity contribution in [1.82, 2.24) is 10.1 Å². The number of pyridine rings is 1. The fourth-order valence-corrected chi connectivity index (χ4v) is 1.47. The molecule has 0 unspecified atom stereocenters. The first kappa shape index (κ1) is 5.83. The van der Waals surface area contributed by atoms with Gasteiger partial charge in [0, 0.05) is 17.1 Å². The molecule has 0 saturated carbocycles. The summed E-state index contributed by atoms with van der Waals surface area (Å²) in [6.45, 7) is 0. The van der Waals surface area contributed by atoms with Gasteiger partial charge in [0.2, 0.25) is 0 Å². The van der Waals surface area contributed by atoms with E-state index < -0.39 is 0 Å². The van der Waals surface area contributed by atoms with E-state index >= 15 is 0 Å². The van der Waals surface area contributed by atoms with Crippen molar-refractivity contribution in [3.63, 3.8) is 0 Å². The average molecular weight is 158 g/mol. The molecule has 3 rings (SSSR count). The fraction of sp³-hybridized carbons (Fsp3) is 0. The van der Waals surface area contributed by atoms with Crippen LogP contribution in [0.1, 0.15) is 0 Å². The van der Waals surface area contributed by atoms with Crippen molar-refractivity contribution >= 4 is 10.9 Å². The highest BCUT2D eigenvalue weighted by atomic mass is 16.5. The van der Waals surface area contributed by atoms with Gasteiger partial charge in [0.15, 0.2) is 0 Å². The third-order valence-corrected chi connectivity index (χ3v) is 2.02. The summed E-state index contributed by atoms with van der Waals surface area (Å²) in [5.41, 5.74) is 3.02. The van der Waals surface area contributed by atoms with Crippen molar-refractivity contribution in [1.29, 1.82) is 0 Å². The van der Waals surface area contributed by atoms with Crippen LogP contribution in [0.15, 0.2) is 35.2 Å². The SMILES string of the molecule is c1cnc2c3[nH]occ-3cc2c1. The molecule has 1 aromatic rings. The van der Waals surface area contributed by atoms with E-state index in [1.54, 1.807) is 12.5 Å². The highest BCUT2D eigenvalue weighted by Gasteiger charge is 2.11. The predicted octanol–water partition coefficient (Wildman–Crippen LogP) is 2.26. The van der Waals surface area contributed by atoms with Crippen molar-refractivity contribution in [3.05, 3.63) is 30.7 Å². The van der Waals surface area contributed by atoms with Crippen molar-refractivity contribution in [3.8, 4) is 11.3 Å². The predicted molar refractivity (Wildman–Crippen MR) is 45.0 cm³/mol. The van der Waals surface area contributed by atoms with Gasteiger partial charge in [-0.25, -0.2) is 5.16 Å². The van der Waals surface area contributed by atoms with Gasteiger partial charge in [-0.3, -0.25) is 4.98 Å². The van der Waals surface area contributed by atoms with Crippen LogP contribution in [0.3, 0.4) is 0 Å². The number of hydrogen-bond donors (Lipinski definition) is 1. The third kappa shape index (κ3) is 0.580. The minimum Gasteiger partial charge on any atom is -0.389 e. The van der Waals surface area contributed by atoms with Crippen LogP contribution in [0.25, 0.3) is 22.2 Å². The first-order valence-corrected chi connectivity index (χ1v) is 3.74. The zero-order valence-corrected chi connectivity index (χ0v) is 6.24. The molecule has 58 valence electrons. The Morgan fingerprint density at radius 3 is 3.42 bits per heavy atom. The maximum Gasteiger partial charge on any atom is 0.128 e. The molecule has 2 heterocycles. The molecule has 1 N–H and O–H groups in total. The van der Waals surface area contributed by atoms with Crippen molar-refractivity contribution in [2.24, 2.45) is 0 Å². The Kier molecular flexibility index (Phi) is 0.913. The van der Waals surface area contributed by atoms with Crippen LogP contribution in [0, 0.1) is 0 Å². The molecule has 0 amide bonds. The van der Waals surface area contributed by atoms with Crippen molar-refractivity contribution < 1.29 is 4.52 Å². The Morgan fingerprint density at radius 1 is 1.42 bits per heavy atom. The van der Waals surface area contributed by atoms with Crippen molar-refractivity contribution in [2.45, 2.75) is 0 Å². The zero-order valence-electron chi connectivity index (χ0n) is 6.24.